The number of carbonyl (C=O) groups excluding carboxylic acids is 1. The van der Waals surface area contributed by atoms with Gasteiger partial charge in [-0.25, -0.2) is 9.59 Å². The molecule has 0 aromatic carbocycles. The van der Waals surface area contributed by atoms with Gasteiger partial charge in [-0.2, -0.15) is 0 Å². The van der Waals surface area contributed by atoms with Gasteiger partial charge in [0.05, 0.1) is 6.61 Å². The van der Waals surface area contributed by atoms with Crippen LogP contribution in [0.2, 0.25) is 0 Å². The van der Waals surface area contributed by atoms with E-state index in [4.69, 9.17) is 25.2 Å². The molecule has 0 aromatic heterocycles. The number of aliphatic hydroxyl groups excluding tert-OH is 2. The average molecular weight is 321 g/mol. The van der Waals surface area contributed by atoms with E-state index in [1.165, 1.54) is 0 Å². The van der Waals surface area contributed by atoms with Crippen LogP contribution < -0.4 is 5.32 Å². The fraction of sp³-hybridized carbons (Fsp3) is 0.769. The molecule has 5 N–H and O–H groups in total. The summed E-state index contributed by atoms with van der Waals surface area (Å²) in [5.41, 5.74) is 0. The summed E-state index contributed by atoms with van der Waals surface area (Å²) < 4.78 is 4.93. The maximum atomic E-state index is 11.3. The van der Waals surface area contributed by atoms with Crippen LogP contribution in [0.4, 0.5) is 0 Å². The van der Waals surface area contributed by atoms with Crippen molar-refractivity contribution in [2.45, 2.75) is 44.9 Å². The highest BCUT2D eigenvalue weighted by Crippen LogP contribution is 2.15. The highest BCUT2D eigenvalue weighted by atomic mass is 16.5. The highest BCUT2D eigenvalue weighted by Gasteiger charge is 2.29. The summed E-state index contributed by atoms with van der Waals surface area (Å²) in [5, 5.41) is 35.7. The molecule has 0 aliphatic carbocycles. The number of piperidine rings is 1. The van der Waals surface area contributed by atoms with Gasteiger partial charge in [-0.05, 0) is 32.2 Å². The first kappa shape index (κ1) is 20.3. The van der Waals surface area contributed by atoms with Gasteiger partial charge >= 0.3 is 17.9 Å². The third-order valence-electron chi connectivity index (χ3n) is 3.04. The Morgan fingerprint density at radius 2 is 1.68 bits per heavy atom. The molecule has 0 unspecified atom stereocenters. The average Bonchev–Trinajstić information content (AvgIpc) is 2.46. The normalized spacial score (nSPS) is 23.5. The van der Waals surface area contributed by atoms with Crippen LogP contribution >= 0.6 is 0 Å². The minimum Gasteiger partial charge on any atom is -0.479 e. The van der Waals surface area contributed by atoms with Crippen molar-refractivity contribution in [3.8, 4) is 0 Å². The van der Waals surface area contributed by atoms with Crippen LogP contribution in [0.1, 0.15) is 26.7 Å². The molecule has 0 bridgehead atoms. The van der Waals surface area contributed by atoms with Crippen molar-refractivity contribution < 1.29 is 39.5 Å². The second kappa shape index (κ2) is 10.1. The van der Waals surface area contributed by atoms with Gasteiger partial charge in [0, 0.05) is 0 Å². The minimum absolute atomic E-state index is 0.0614. The molecule has 0 saturated carbocycles. The van der Waals surface area contributed by atoms with E-state index >= 15 is 0 Å². The predicted octanol–water partition coefficient (Wildman–Crippen LogP) is -1.18. The Labute approximate surface area is 127 Å². The van der Waals surface area contributed by atoms with E-state index in [1.807, 2.05) is 6.92 Å². The summed E-state index contributed by atoms with van der Waals surface area (Å²) >= 11 is 0. The number of aliphatic carboxylic acids is 2. The molecule has 9 nitrogen and oxygen atoms in total. The zero-order valence-corrected chi connectivity index (χ0v) is 12.6. The molecule has 0 spiro atoms. The number of carboxylic acids is 2. The van der Waals surface area contributed by atoms with Crippen molar-refractivity contribution in [1.29, 1.82) is 0 Å². The van der Waals surface area contributed by atoms with Gasteiger partial charge in [0.25, 0.3) is 0 Å². The van der Waals surface area contributed by atoms with E-state index in [2.05, 4.69) is 12.2 Å². The van der Waals surface area contributed by atoms with Crippen molar-refractivity contribution in [1.82, 2.24) is 5.32 Å². The van der Waals surface area contributed by atoms with E-state index in [0.29, 0.717) is 12.5 Å². The lowest BCUT2D eigenvalue weighted by molar-refractivity contribution is -0.165. The largest absolute Gasteiger partial charge is 0.479 e. The number of carboxylic acid groups (broad SMARTS) is 2. The molecule has 9 heteroatoms. The highest BCUT2D eigenvalue weighted by molar-refractivity contribution is 5.83. The molecule has 22 heavy (non-hydrogen) atoms. The number of esters is 1. The summed E-state index contributed by atoms with van der Waals surface area (Å²) in [4.78, 5) is 30.8. The third-order valence-corrected chi connectivity index (χ3v) is 3.04. The molecule has 128 valence electrons. The molecule has 4 atom stereocenters. The maximum Gasteiger partial charge on any atom is 0.335 e. The topological polar surface area (TPSA) is 153 Å². The van der Waals surface area contributed by atoms with Gasteiger partial charge in [-0.15, -0.1) is 0 Å². The van der Waals surface area contributed by atoms with Gasteiger partial charge in [0.1, 0.15) is 6.04 Å². The van der Waals surface area contributed by atoms with Gasteiger partial charge in [0.2, 0.25) is 0 Å². The van der Waals surface area contributed by atoms with E-state index < -0.39 is 24.1 Å². The fourth-order valence-corrected chi connectivity index (χ4v) is 1.80. The Hall–Kier alpha value is -1.71. The Kier molecular flexibility index (Phi) is 9.31. The Bertz CT molecular complexity index is 368. The van der Waals surface area contributed by atoms with Crippen molar-refractivity contribution in [2.75, 3.05) is 13.2 Å². The molecule has 1 saturated heterocycles. The first-order chi connectivity index (χ1) is 10.2. The molecule has 1 fully saturated rings. The standard InChI is InChI=1S/C9H17NO2.C4H6O6/c1-3-12-9(11)8-6-7(2)4-5-10-8;5-1(3(7)8)2(6)4(9)10/h7-8,10H,3-6H2,1-2H3;1-2,5-6H,(H,7,8)(H,9,10)/t7-,8-;1-,2-/m01/s1. The van der Waals surface area contributed by atoms with Gasteiger partial charge in [0.15, 0.2) is 12.2 Å². The molecular formula is C13H23NO8. The van der Waals surface area contributed by atoms with Crippen molar-refractivity contribution in [2.24, 2.45) is 5.92 Å². The van der Waals surface area contributed by atoms with Crippen LogP contribution in [-0.4, -0.2) is 69.7 Å². The number of nitrogens with one attached hydrogen (secondary N) is 1. The van der Waals surface area contributed by atoms with E-state index in [0.717, 1.165) is 19.4 Å². The molecule has 1 rings (SSSR count). The predicted molar refractivity (Wildman–Crippen MR) is 74.1 cm³/mol. The maximum absolute atomic E-state index is 11.3. The monoisotopic (exact) mass is 321 g/mol. The number of ether oxygens (including phenoxy) is 1. The zero-order chi connectivity index (χ0) is 17.3. The van der Waals surface area contributed by atoms with Crippen LogP contribution in [0.3, 0.4) is 0 Å². The Morgan fingerprint density at radius 3 is 2.05 bits per heavy atom. The fourth-order valence-electron chi connectivity index (χ4n) is 1.80. The SMILES string of the molecule is CCOC(=O)[C@@H]1C[C@@H](C)CCN1.O=C(O)[C@H](O)[C@@H](O)C(=O)O. The summed E-state index contributed by atoms with van der Waals surface area (Å²) in [7, 11) is 0. The summed E-state index contributed by atoms with van der Waals surface area (Å²) in [6.07, 6.45) is -2.45. The number of hydrogen-bond acceptors (Lipinski definition) is 7. The summed E-state index contributed by atoms with van der Waals surface area (Å²) in [6, 6.07) is -0.0614. The van der Waals surface area contributed by atoms with Crippen LogP contribution in [0.5, 0.6) is 0 Å². The lowest BCUT2D eigenvalue weighted by atomic mass is 9.94. The first-order valence-corrected chi connectivity index (χ1v) is 6.92. The lowest BCUT2D eigenvalue weighted by Crippen LogP contribution is -2.43. The molecule has 0 aromatic rings. The number of rotatable bonds is 5. The molecule has 1 aliphatic heterocycles. The van der Waals surface area contributed by atoms with Crippen LogP contribution in [0, 0.1) is 5.92 Å². The van der Waals surface area contributed by atoms with E-state index in [1.54, 1.807) is 0 Å². The van der Waals surface area contributed by atoms with E-state index in [-0.39, 0.29) is 12.0 Å². The zero-order valence-electron chi connectivity index (χ0n) is 12.6. The Morgan fingerprint density at radius 1 is 1.18 bits per heavy atom. The van der Waals surface area contributed by atoms with E-state index in [9.17, 15) is 14.4 Å². The molecule has 0 radical (unpaired) electrons. The number of aliphatic hydroxyl groups is 2. The number of hydrogen-bond donors (Lipinski definition) is 5. The Balaban J connectivity index is 0.000000409. The summed E-state index contributed by atoms with van der Waals surface area (Å²) in [5.74, 6) is -2.99. The van der Waals surface area contributed by atoms with Crippen molar-refractivity contribution in [3.05, 3.63) is 0 Å². The quantitative estimate of drug-likeness (QED) is 0.393. The van der Waals surface area contributed by atoms with Gasteiger partial charge in [-0.3, -0.25) is 4.79 Å². The molecule has 0 amide bonds. The second-order valence-electron chi connectivity index (χ2n) is 4.95. The van der Waals surface area contributed by atoms with Crippen LogP contribution in [0.15, 0.2) is 0 Å². The third kappa shape index (κ3) is 7.34. The van der Waals surface area contributed by atoms with Crippen LogP contribution in [0.25, 0.3) is 0 Å². The van der Waals surface area contributed by atoms with Gasteiger partial charge in [-0.1, -0.05) is 6.92 Å². The smallest absolute Gasteiger partial charge is 0.335 e. The van der Waals surface area contributed by atoms with Crippen molar-refractivity contribution in [3.63, 3.8) is 0 Å². The molecule has 1 aliphatic rings. The summed E-state index contributed by atoms with van der Waals surface area (Å²) in [6.45, 7) is 5.42. The van der Waals surface area contributed by atoms with Crippen LogP contribution in [-0.2, 0) is 19.1 Å². The molecular weight excluding hydrogens is 298 g/mol. The second-order valence-corrected chi connectivity index (χ2v) is 4.95. The first-order valence-electron chi connectivity index (χ1n) is 6.92. The van der Waals surface area contributed by atoms with Crippen molar-refractivity contribution >= 4 is 17.9 Å². The van der Waals surface area contributed by atoms with Gasteiger partial charge < -0.3 is 30.5 Å². The minimum atomic E-state index is -2.27. The molecule has 1 heterocycles. The lowest BCUT2D eigenvalue weighted by Gasteiger charge is -2.26. The number of carbonyl (C=O) groups is 3.